The molecule has 10 nitrogen and oxygen atoms in total. The summed E-state index contributed by atoms with van der Waals surface area (Å²) in [6.45, 7) is 0.649. The summed E-state index contributed by atoms with van der Waals surface area (Å²) in [6, 6.07) is 41.8. The number of carbonyl (C=O) groups is 3. The molecule has 57 heavy (non-hydrogen) atoms. The molecule has 0 bridgehead atoms. The zero-order chi connectivity index (χ0) is 40.0. The van der Waals surface area contributed by atoms with Crippen LogP contribution in [0.1, 0.15) is 65.8 Å². The van der Waals surface area contributed by atoms with E-state index in [1.165, 1.54) is 18.2 Å². The van der Waals surface area contributed by atoms with Gasteiger partial charge in [0.1, 0.15) is 29.8 Å². The van der Waals surface area contributed by atoms with Crippen molar-refractivity contribution in [3.63, 3.8) is 0 Å². The molecule has 1 unspecified atom stereocenters. The van der Waals surface area contributed by atoms with Crippen LogP contribution in [0.25, 0.3) is 11.1 Å². The number of fused-ring (bicyclic) bond motifs is 3. The van der Waals surface area contributed by atoms with Gasteiger partial charge in [0.05, 0.1) is 27.2 Å². The first kappa shape index (κ1) is 40.5. The smallest absolute Gasteiger partial charge is 0.407 e. The fourth-order valence-electron chi connectivity index (χ4n) is 7.39. The van der Waals surface area contributed by atoms with Gasteiger partial charge in [0.15, 0.2) is 0 Å². The van der Waals surface area contributed by atoms with Crippen LogP contribution in [-0.4, -0.2) is 65.1 Å². The Morgan fingerprint density at radius 2 is 1.21 bits per heavy atom. The van der Waals surface area contributed by atoms with Gasteiger partial charge in [-0.3, -0.25) is 9.59 Å². The molecule has 0 heterocycles. The van der Waals surface area contributed by atoms with Crippen molar-refractivity contribution < 1.29 is 38.1 Å². The van der Waals surface area contributed by atoms with Gasteiger partial charge in [0, 0.05) is 25.9 Å². The third-order valence-corrected chi connectivity index (χ3v) is 10.4. The molecule has 0 aromatic heterocycles. The number of esters is 1. The van der Waals surface area contributed by atoms with Crippen LogP contribution in [0, 0.1) is 0 Å². The molecule has 1 aliphatic rings. The van der Waals surface area contributed by atoms with Crippen LogP contribution in [-0.2, 0) is 29.4 Å². The first-order valence-corrected chi connectivity index (χ1v) is 19.3. The monoisotopic (exact) mass is 770 g/mol. The minimum Gasteiger partial charge on any atom is -0.497 e. The molecule has 5 aromatic rings. The van der Waals surface area contributed by atoms with E-state index in [1.807, 2.05) is 103 Å². The van der Waals surface area contributed by atoms with Crippen molar-refractivity contribution in [3.8, 4) is 22.6 Å². The molecule has 0 fully saturated rings. The number of alkyl carbamates (subject to hydrolysis) is 1. The van der Waals surface area contributed by atoms with Crippen molar-refractivity contribution in [1.82, 2.24) is 10.6 Å². The van der Waals surface area contributed by atoms with Crippen molar-refractivity contribution >= 4 is 18.0 Å². The van der Waals surface area contributed by atoms with Crippen LogP contribution in [0.4, 0.5) is 4.79 Å². The van der Waals surface area contributed by atoms with Crippen molar-refractivity contribution in [3.05, 3.63) is 155 Å². The summed E-state index contributed by atoms with van der Waals surface area (Å²) < 4.78 is 29.7. The number of unbranched alkanes of at least 4 members (excludes halogenated alkanes) is 1. The van der Waals surface area contributed by atoms with Gasteiger partial charge in [0.25, 0.3) is 0 Å². The van der Waals surface area contributed by atoms with Crippen molar-refractivity contribution in [1.29, 1.82) is 0 Å². The second-order valence-electron chi connectivity index (χ2n) is 13.8. The second-order valence-corrected chi connectivity index (χ2v) is 13.8. The highest BCUT2D eigenvalue weighted by Gasteiger charge is 2.39. The van der Waals surface area contributed by atoms with Crippen LogP contribution in [0.5, 0.6) is 11.5 Å². The molecule has 0 aliphatic heterocycles. The zero-order valence-corrected chi connectivity index (χ0v) is 32.7. The summed E-state index contributed by atoms with van der Waals surface area (Å²) in [6.07, 6.45) is 0.481. The van der Waals surface area contributed by atoms with E-state index < -0.39 is 23.8 Å². The SMILES string of the molecule is CNC(=O)CCC(=O)OC(CCCCNC(=O)OCC1c2ccccc2-c2ccccc21)COC(c1ccccc1)(c1ccc(OC)cc1)c1ccc(OC)cc1. The number of ether oxygens (including phenoxy) is 5. The molecular weight excluding hydrogens is 721 g/mol. The minimum absolute atomic E-state index is 0.0125. The van der Waals surface area contributed by atoms with Gasteiger partial charge in [-0.1, -0.05) is 103 Å². The van der Waals surface area contributed by atoms with E-state index in [4.69, 9.17) is 23.7 Å². The number of nitrogens with one attached hydrogen (secondary N) is 2. The highest BCUT2D eigenvalue weighted by Crippen LogP contribution is 2.45. The first-order chi connectivity index (χ1) is 27.9. The van der Waals surface area contributed by atoms with Crippen LogP contribution in [0.3, 0.4) is 0 Å². The Morgan fingerprint density at radius 3 is 1.77 bits per heavy atom. The summed E-state index contributed by atoms with van der Waals surface area (Å²) in [4.78, 5) is 37.9. The zero-order valence-electron chi connectivity index (χ0n) is 32.7. The first-order valence-electron chi connectivity index (χ1n) is 19.3. The van der Waals surface area contributed by atoms with E-state index in [0.717, 1.165) is 27.8 Å². The summed E-state index contributed by atoms with van der Waals surface area (Å²) >= 11 is 0. The third-order valence-electron chi connectivity index (χ3n) is 10.4. The quantitative estimate of drug-likeness (QED) is 0.0491. The van der Waals surface area contributed by atoms with Gasteiger partial charge in [-0.25, -0.2) is 4.79 Å². The molecule has 2 N–H and O–H groups in total. The van der Waals surface area contributed by atoms with Crippen LogP contribution >= 0.6 is 0 Å². The number of hydrogen-bond donors (Lipinski definition) is 2. The number of methoxy groups -OCH3 is 2. The van der Waals surface area contributed by atoms with Gasteiger partial charge in [-0.2, -0.15) is 0 Å². The molecular formula is C47H50N2O8. The van der Waals surface area contributed by atoms with E-state index in [1.54, 1.807) is 14.2 Å². The van der Waals surface area contributed by atoms with Crippen LogP contribution in [0.2, 0.25) is 0 Å². The van der Waals surface area contributed by atoms with E-state index in [2.05, 4.69) is 34.9 Å². The van der Waals surface area contributed by atoms with Crippen LogP contribution < -0.4 is 20.1 Å². The standard InChI is InChI=1S/C47H50N2O8/c1-48-44(50)28-29-45(51)57-38(15-11-12-30-49-46(52)55-32-43-41-18-9-7-16-39(41)40-17-8-10-19-42(40)43)31-56-47(33-13-5-4-6-14-33,34-20-24-36(53-2)25-21-34)35-22-26-37(54-3)27-23-35/h4-10,13-14,16-27,38,43H,11-12,15,28-32H2,1-3H3,(H,48,50)(H,49,52). The maximum absolute atomic E-state index is 13.1. The molecule has 0 spiro atoms. The van der Waals surface area contributed by atoms with E-state index in [9.17, 15) is 14.4 Å². The Balaban J connectivity index is 1.14. The Hall–Kier alpha value is -6.13. The predicted octanol–water partition coefficient (Wildman–Crippen LogP) is 8.16. The Kier molecular flexibility index (Phi) is 14.0. The summed E-state index contributed by atoms with van der Waals surface area (Å²) in [7, 11) is 4.77. The molecule has 1 aliphatic carbocycles. The lowest BCUT2D eigenvalue weighted by Crippen LogP contribution is -2.37. The molecule has 0 radical (unpaired) electrons. The molecule has 296 valence electrons. The highest BCUT2D eigenvalue weighted by molar-refractivity contribution is 5.81. The molecule has 6 rings (SSSR count). The number of carbonyl (C=O) groups excluding carboxylic acids is 3. The van der Waals surface area contributed by atoms with Crippen LogP contribution in [0.15, 0.2) is 127 Å². The third kappa shape index (κ3) is 9.82. The fourth-order valence-corrected chi connectivity index (χ4v) is 7.39. The minimum atomic E-state index is -1.11. The largest absolute Gasteiger partial charge is 0.497 e. The number of hydrogen-bond acceptors (Lipinski definition) is 8. The molecule has 2 amide bonds. The van der Waals surface area contributed by atoms with Crippen molar-refractivity contribution in [2.75, 3.05) is 41.0 Å². The molecule has 1 atom stereocenters. The lowest BCUT2D eigenvalue weighted by Gasteiger charge is -2.37. The summed E-state index contributed by atoms with van der Waals surface area (Å²) in [5, 5.41) is 5.43. The average Bonchev–Trinajstić information content (AvgIpc) is 3.58. The van der Waals surface area contributed by atoms with E-state index >= 15 is 0 Å². The van der Waals surface area contributed by atoms with Gasteiger partial charge < -0.3 is 34.3 Å². The van der Waals surface area contributed by atoms with Crippen molar-refractivity contribution in [2.45, 2.75) is 49.7 Å². The summed E-state index contributed by atoms with van der Waals surface area (Å²) in [5.74, 6) is 0.625. The Bertz CT molecular complexity index is 1990. The Morgan fingerprint density at radius 1 is 0.667 bits per heavy atom. The molecule has 0 saturated carbocycles. The van der Waals surface area contributed by atoms with E-state index in [-0.39, 0.29) is 37.9 Å². The maximum Gasteiger partial charge on any atom is 0.407 e. The number of rotatable bonds is 19. The normalized spacial score (nSPS) is 12.5. The highest BCUT2D eigenvalue weighted by atomic mass is 16.6. The van der Waals surface area contributed by atoms with E-state index in [0.29, 0.717) is 37.3 Å². The topological polar surface area (TPSA) is 121 Å². The maximum atomic E-state index is 13.1. The van der Waals surface area contributed by atoms with Crippen molar-refractivity contribution in [2.24, 2.45) is 0 Å². The lowest BCUT2D eigenvalue weighted by atomic mass is 9.80. The second kappa shape index (κ2) is 19.6. The van der Waals surface area contributed by atoms with Gasteiger partial charge in [-0.15, -0.1) is 0 Å². The lowest BCUT2D eigenvalue weighted by molar-refractivity contribution is -0.156. The Labute approximate surface area is 334 Å². The summed E-state index contributed by atoms with van der Waals surface area (Å²) in [5.41, 5.74) is 6.09. The van der Waals surface area contributed by atoms with Gasteiger partial charge >= 0.3 is 12.1 Å². The number of amides is 2. The number of benzene rings is 5. The predicted molar refractivity (Wildman–Crippen MR) is 218 cm³/mol. The molecule has 10 heteroatoms. The fraction of sp³-hybridized carbons (Fsp3) is 0.298. The molecule has 5 aromatic carbocycles. The average molecular weight is 771 g/mol. The van der Waals surface area contributed by atoms with Gasteiger partial charge in [0.2, 0.25) is 5.91 Å². The molecule has 0 saturated heterocycles. The van der Waals surface area contributed by atoms with Gasteiger partial charge in [-0.05, 0) is 82.5 Å².